The lowest BCUT2D eigenvalue weighted by Crippen LogP contribution is -2.42. The van der Waals surface area contributed by atoms with Gasteiger partial charge in [0.1, 0.15) is 5.58 Å². The number of ether oxygens (including phenoxy) is 1. The van der Waals surface area contributed by atoms with Gasteiger partial charge in [0.05, 0.1) is 18.9 Å². The molecule has 2 amide bonds. The lowest BCUT2D eigenvalue weighted by molar-refractivity contribution is 0.188. The van der Waals surface area contributed by atoms with E-state index in [2.05, 4.69) is 10.6 Å². The van der Waals surface area contributed by atoms with Crippen molar-refractivity contribution in [3.05, 3.63) is 36.1 Å². The lowest BCUT2D eigenvalue weighted by Gasteiger charge is -2.11. The van der Waals surface area contributed by atoms with Crippen LogP contribution in [0.2, 0.25) is 0 Å². The fraction of sp³-hybridized carbons (Fsp3) is 0.357. The van der Waals surface area contributed by atoms with Crippen LogP contribution >= 0.6 is 0 Å². The third-order valence-electron chi connectivity index (χ3n) is 3.23. The summed E-state index contributed by atoms with van der Waals surface area (Å²) in [6.45, 7) is 1.83. The predicted molar refractivity (Wildman–Crippen MR) is 70.8 cm³/mol. The first kappa shape index (κ1) is 12.0. The van der Waals surface area contributed by atoms with Gasteiger partial charge in [0.25, 0.3) is 0 Å². The predicted octanol–water partition coefficient (Wildman–Crippen LogP) is 2.02. The highest BCUT2D eigenvalue weighted by Gasteiger charge is 2.17. The standard InChI is InChI=1S/C14H16N2O3/c17-14(16-12-4-5-18-9-12)15-8-10-1-2-13-11(7-10)3-6-19-13/h1-3,6-7,12H,4-5,8-9H2,(H2,15,16,17)/t12-/m1/s1. The zero-order valence-corrected chi connectivity index (χ0v) is 10.5. The second-order valence-corrected chi connectivity index (χ2v) is 4.68. The topological polar surface area (TPSA) is 63.5 Å². The number of furan rings is 1. The first-order valence-corrected chi connectivity index (χ1v) is 6.39. The van der Waals surface area contributed by atoms with Crippen LogP contribution in [0.4, 0.5) is 4.79 Å². The van der Waals surface area contributed by atoms with Crippen LogP contribution in [0.1, 0.15) is 12.0 Å². The second-order valence-electron chi connectivity index (χ2n) is 4.68. The number of urea groups is 1. The molecule has 0 saturated carbocycles. The minimum Gasteiger partial charge on any atom is -0.464 e. The molecule has 1 aromatic carbocycles. The van der Waals surface area contributed by atoms with Crippen molar-refractivity contribution in [2.24, 2.45) is 0 Å². The van der Waals surface area contributed by atoms with E-state index in [0.717, 1.165) is 29.6 Å². The molecule has 5 nitrogen and oxygen atoms in total. The summed E-state index contributed by atoms with van der Waals surface area (Å²) in [5.41, 5.74) is 1.91. The fourth-order valence-corrected chi connectivity index (χ4v) is 2.19. The number of amides is 2. The van der Waals surface area contributed by atoms with Gasteiger partial charge < -0.3 is 19.8 Å². The average molecular weight is 260 g/mol. The third-order valence-corrected chi connectivity index (χ3v) is 3.23. The van der Waals surface area contributed by atoms with Crippen LogP contribution in [-0.4, -0.2) is 25.3 Å². The second kappa shape index (κ2) is 5.32. The first-order valence-electron chi connectivity index (χ1n) is 6.39. The lowest BCUT2D eigenvalue weighted by atomic mass is 10.1. The van der Waals surface area contributed by atoms with E-state index in [4.69, 9.17) is 9.15 Å². The van der Waals surface area contributed by atoms with Crippen LogP contribution in [0.25, 0.3) is 11.0 Å². The number of rotatable bonds is 3. The van der Waals surface area contributed by atoms with E-state index < -0.39 is 0 Å². The highest BCUT2D eigenvalue weighted by Crippen LogP contribution is 2.16. The molecule has 0 radical (unpaired) electrons. The van der Waals surface area contributed by atoms with Crippen LogP contribution in [0.3, 0.4) is 0 Å². The quantitative estimate of drug-likeness (QED) is 0.887. The van der Waals surface area contributed by atoms with Gasteiger partial charge >= 0.3 is 6.03 Å². The van der Waals surface area contributed by atoms with Crippen molar-refractivity contribution >= 4 is 17.0 Å². The minimum absolute atomic E-state index is 0.136. The van der Waals surface area contributed by atoms with Gasteiger partial charge in [-0.15, -0.1) is 0 Å². The zero-order valence-electron chi connectivity index (χ0n) is 10.5. The van der Waals surface area contributed by atoms with Gasteiger partial charge in [0, 0.05) is 18.5 Å². The van der Waals surface area contributed by atoms with Crippen molar-refractivity contribution in [3.63, 3.8) is 0 Å². The van der Waals surface area contributed by atoms with Crippen LogP contribution in [-0.2, 0) is 11.3 Å². The average Bonchev–Trinajstić information content (AvgIpc) is 3.06. The molecular formula is C14H16N2O3. The van der Waals surface area contributed by atoms with Gasteiger partial charge in [0.15, 0.2) is 0 Å². The van der Waals surface area contributed by atoms with Gasteiger partial charge in [-0.2, -0.15) is 0 Å². The number of hydrogen-bond acceptors (Lipinski definition) is 3. The van der Waals surface area contributed by atoms with Gasteiger partial charge in [0.2, 0.25) is 0 Å². The van der Waals surface area contributed by atoms with Crippen molar-refractivity contribution in [3.8, 4) is 0 Å². The number of hydrogen-bond donors (Lipinski definition) is 2. The van der Waals surface area contributed by atoms with Crippen LogP contribution in [0.5, 0.6) is 0 Å². The monoisotopic (exact) mass is 260 g/mol. The Labute approximate surface area is 110 Å². The van der Waals surface area contributed by atoms with Gasteiger partial charge in [-0.1, -0.05) is 6.07 Å². The molecule has 1 aliphatic rings. The molecule has 0 spiro atoms. The van der Waals surface area contributed by atoms with Crippen LogP contribution in [0, 0.1) is 0 Å². The van der Waals surface area contributed by atoms with E-state index in [0.29, 0.717) is 13.2 Å². The maximum atomic E-state index is 11.7. The Morgan fingerprint density at radius 1 is 1.37 bits per heavy atom. The summed E-state index contributed by atoms with van der Waals surface area (Å²) in [7, 11) is 0. The molecule has 2 aromatic rings. The first-order chi connectivity index (χ1) is 9.31. The van der Waals surface area contributed by atoms with E-state index in [1.165, 1.54) is 0 Å². The molecule has 5 heteroatoms. The summed E-state index contributed by atoms with van der Waals surface area (Å²) in [6.07, 6.45) is 2.54. The minimum atomic E-state index is -0.150. The molecule has 100 valence electrons. The molecule has 1 aliphatic heterocycles. The SMILES string of the molecule is O=C(NCc1ccc2occc2c1)N[C@@H]1CCOC1. The molecule has 3 rings (SSSR count). The normalized spacial score (nSPS) is 18.6. The molecular weight excluding hydrogens is 244 g/mol. The maximum Gasteiger partial charge on any atom is 0.315 e. The summed E-state index contributed by atoms with van der Waals surface area (Å²) in [4.78, 5) is 11.7. The third kappa shape index (κ3) is 2.88. The molecule has 0 bridgehead atoms. The number of carbonyl (C=O) groups is 1. The highest BCUT2D eigenvalue weighted by atomic mass is 16.5. The fourth-order valence-electron chi connectivity index (χ4n) is 2.19. The molecule has 1 aromatic heterocycles. The Balaban J connectivity index is 1.54. The van der Waals surface area contributed by atoms with E-state index in [1.54, 1.807) is 6.26 Å². The Bertz CT molecular complexity index is 573. The molecule has 1 atom stereocenters. The molecule has 19 heavy (non-hydrogen) atoms. The Morgan fingerprint density at radius 2 is 2.32 bits per heavy atom. The van der Waals surface area contributed by atoms with E-state index in [-0.39, 0.29) is 12.1 Å². The molecule has 1 fully saturated rings. The molecule has 0 unspecified atom stereocenters. The summed E-state index contributed by atoms with van der Waals surface area (Å²) in [5, 5.41) is 6.78. The Morgan fingerprint density at radius 3 is 3.16 bits per heavy atom. The van der Waals surface area contributed by atoms with Crippen molar-refractivity contribution in [1.29, 1.82) is 0 Å². The van der Waals surface area contributed by atoms with Crippen LogP contribution < -0.4 is 10.6 Å². The number of nitrogens with one attached hydrogen (secondary N) is 2. The maximum absolute atomic E-state index is 11.7. The molecule has 1 saturated heterocycles. The number of benzene rings is 1. The Hall–Kier alpha value is -2.01. The zero-order chi connectivity index (χ0) is 13.1. The van der Waals surface area contributed by atoms with Gasteiger partial charge in [-0.05, 0) is 30.2 Å². The summed E-state index contributed by atoms with van der Waals surface area (Å²) in [6, 6.07) is 7.77. The largest absolute Gasteiger partial charge is 0.464 e. The van der Waals surface area contributed by atoms with Gasteiger partial charge in [-0.3, -0.25) is 0 Å². The van der Waals surface area contributed by atoms with Crippen LogP contribution in [0.15, 0.2) is 34.9 Å². The molecule has 0 aliphatic carbocycles. The van der Waals surface area contributed by atoms with Crippen molar-refractivity contribution in [1.82, 2.24) is 10.6 Å². The smallest absolute Gasteiger partial charge is 0.315 e. The van der Waals surface area contributed by atoms with E-state index in [1.807, 2.05) is 24.3 Å². The highest BCUT2D eigenvalue weighted by molar-refractivity contribution is 5.78. The van der Waals surface area contributed by atoms with E-state index in [9.17, 15) is 4.79 Å². The Kier molecular flexibility index (Phi) is 3.37. The number of carbonyl (C=O) groups excluding carboxylic acids is 1. The summed E-state index contributed by atoms with van der Waals surface area (Å²) < 4.78 is 10.5. The molecule has 2 heterocycles. The molecule has 2 N–H and O–H groups in total. The summed E-state index contributed by atoms with van der Waals surface area (Å²) >= 11 is 0. The summed E-state index contributed by atoms with van der Waals surface area (Å²) in [5.74, 6) is 0. The van der Waals surface area contributed by atoms with Crippen molar-refractivity contribution in [2.75, 3.05) is 13.2 Å². The van der Waals surface area contributed by atoms with Gasteiger partial charge in [-0.25, -0.2) is 4.79 Å². The van der Waals surface area contributed by atoms with Crippen molar-refractivity contribution in [2.45, 2.75) is 19.0 Å². The van der Waals surface area contributed by atoms with E-state index >= 15 is 0 Å². The number of fused-ring (bicyclic) bond motifs is 1. The van der Waals surface area contributed by atoms with Crippen molar-refractivity contribution < 1.29 is 13.9 Å².